The number of rotatable bonds is 12. The van der Waals surface area contributed by atoms with Gasteiger partial charge >= 0.3 is 0 Å². The zero-order valence-corrected chi connectivity index (χ0v) is 21.4. The van der Waals surface area contributed by atoms with E-state index >= 15 is 0 Å². The van der Waals surface area contributed by atoms with Crippen LogP contribution in [0.2, 0.25) is 0 Å². The molecule has 1 fully saturated rings. The lowest BCUT2D eigenvalue weighted by atomic mass is 9.83. The average molecular weight is 533 g/mol. The van der Waals surface area contributed by atoms with Crippen molar-refractivity contribution < 1.29 is 14.2 Å². The maximum absolute atomic E-state index is 5.73. The predicted molar refractivity (Wildman–Crippen MR) is 135 cm³/mol. The van der Waals surface area contributed by atoms with Gasteiger partial charge in [-0.15, -0.1) is 24.0 Å². The molecule has 2 rings (SSSR count). The van der Waals surface area contributed by atoms with Crippen LogP contribution in [0.4, 0.5) is 0 Å². The van der Waals surface area contributed by atoms with Crippen LogP contribution in [-0.4, -0.2) is 53.0 Å². The van der Waals surface area contributed by atoms with Gasteiger partial charge in [0, 0.05) is 33.9 Å². The molecule has 0 aromatic heterocycles. The fraction of sp³-hybridized carbons (Fsp3) is 0.696. The van der Waals surface area contributed by atoms with Crippen LogP contribution in [0.3, 0.4) is 0 Å². The molecule has 0 radical (unpaired) electrons. The molecule has 0 bridgehead atoms. The average Bonchev–Trinajstić information content (AvgIpc) is 3.20. The Morgan fingerprint density at radius 3 is 2.40 bits per heavy atom. The molecular formula is C23H40IN3O3. The van der Waals surface area contributed by atoms with E-state index in [1.807, 2.05) is 27.0 Å². The second kappa shape index (κ2) is 14.7. The van der Waals surface area contributed by atoms with Gasteiger partial charge in [0.25, 0.3) is 0 Å². The predicted octanol–water partition coefficient (Wildman–Crippen LogP) is 4.41. The molecule has 0 aliphatic heterocycles. The first-order valence-electron chi connectivity index (χ1n) is 11.0. The molecular weight excluding hydrogens is 493 g/mol. The van der Waals surface area contributed by atoms with E-state index in [-0.39, 0.29) is 24.0 Å². The summed E-state index contributed by atoms with van der Waals surface area (Å²) in [5.74, 6) is 2.49. The summed E-state index contributed by atoms with van der Waals surface area (Å²) < 4.78 is 16.7. The maximum atomic E-state index is 5.73. The summed E-state index contributed by atoms with van der Waals surface area (Å²) in [7, 11) is 3.62. The van der Waals surface area contributed by atoms with Crippen molar-refractivity contribution in [2.45, 2.75) is 52.4 Å². The van der Waals surface area contributed by atoms with E-state index in [0.717, 1.165) is 50.0 Å². The van der Waals surface area contributed by atoms with Crippen molar-refractivity contribution >= 4 is 29.9 Å². The van der Waals surface area contributed by atoms with Gasteiger partial charge in [-0.25, -0.2) is 0 Å². The third kappa shape index (κ3) is 8.49. The first kappa shape index (κ1) is 26.8. The van der Waals surface area contributed by atoms with E-state index < -0.39 is 0 Å². The smallest absolute Gasteiger partial charge is 0.191 e. The molecule has 0 heterocycles. The molecule has 7 heteroatoms. The summed E-state index contributed by atoms with van der Waals surface area (Å²) in [6, 6.07) is 6.17. The SMILES string of the molecule is CCOc1ccc(CCNC(=NC)NCC2(CCOC)CCCC2)cc1OCC.I. The monoisotopic (exact) mass is 533 g/mol. The number of hydrogen-bond donors (Lipinski definition) is 2. The standard InChI is InChI=1S/C23H39N3O3.HI/c1-5-28-20-10-9-19(17-21(20)29-6-2)11-15-25-22(24-3)26-18-23(14-16-27-4)12-7-8-13-23;/h9-10,17H,5-8,11-16,18H2,1-4H3,(H2,24,25,26);1H. The second-order valence-corrected chi connectivity index (χ2v) is 7.70. The third-order valence-corrected chi connectivity index (χ3v) is 5.67. The van der Waals surface area contributed by atoms with Gasteiger partial charge in [0.05, 0.1) is 13.2 Å². The summed E-state index contributed by atoms with van der Waals surface area (Å²) >= 11 is 0. The van der Waals surface area contributed by atoms with Crippen LogP contribution in [0.15, 0.2) is 23.2 Å². The van der Waals surface area contributed by atoms with Gasteiger partial charge in [0.2, 0.25) is 0 Å². The summed E-state index contributed by atoms with van der Waals surface area (Å²) in [5, 5.41) is 6.99. The Morgan fingerprint density at radius 1 is 1.07 bits per heavy atom. The number of hydrogen-bond acceptors (Lipinski definition) is 4. The molecule has 30 heavy (non-hydrogen) atoms. The molecule has 0 unspecified atom stereocenters. The van der Waals surface area contributed by atoms with E-state index in [1.165, 1.54) is 31.2 Å². The molecule has 2 N–H and O–H groups in total. The molecule has 1 aromatic rings. The Labute approximate surface area is 199 Å². The Morgan fingerprint density at radius 2 is 1.77 bits per heavy atom. The first-order valence-corrected chi connectivity index (χ1v) is 11.0. The number of methoxy groups -OCH3 is 1. The minimum absolute atomic E-state index is 0. The highest BCUT2D eigenvalue weighted by Gasteiger charge is 2.33. The van der Waals surface area contributed by atoms with Gasteiger partial charge < -0.3 is 24.8 Å². The van der Waals surface area contributed by atoms with Crippen LogP contribution < -0.4 is 20.1 Å². The van der Waals surface area contributed by atoms with E-state index in [2.05, 4.69) is 27.8 Å². The van der Waals surface area contributed by atoms with E-state index in [1.54, 1.807) is 7.11 Å². The number of ether oxygens (including phenoxy) is 3. The van der Waals surface area contributed by atoms with Crippen LogP contribution in [0.5, 0.6) is 11.5 Å². The highest BCUT2D eigenvalue weighted by atomic mass is 127. The number of nitrogens with zero attached hydrogens (tertiary/aromatic N) is 1. The van der Waals surface area contributed by atoms with Crippen molar-refractivity contribution in [1.82, 2.24) is 10.6 Å². The number of benzene rings is 1. The van der Waals surface area contributed by atoms with Gasteiger partial charge in [-0.2, -0.15) is 0 Å². The lowest BCUT2D eigenvalue weighted by Gasteiger charge is -2.30. The van der Waals surface area contributed by atoms with Crippen molar-refractivity contribution in [3.05, 3.63) is 23.8 Å². The van der Waals surface area contributed by atoms with Crippen LogP contribution >= 0.6 is 24.0 Å². The largest absolute Gasteiger partial charge is 0.490 e. The third-order valence-electron chi connectivity index (χ3n) is 5.67. The number of guanidine groups is 1. The fourth-order valence-electron chi connectivity index (χ4n) is 4.03. The Balaban J connectivity index is 0.00000450. The Bertz CT molecular complexity index is 634. The molecule has 1 aromatic carbocycles. The molecule has 0 atom stereocenters. The maximum Gasteiger partial charge on any atom is 0.191 e. The van der Waals surface area contributed by atoms with Crippen molar-refractivity contribution in [2.75, 3.05) is 47.1 Å². The van der Waals surface area contributed by atoms with Crippen molar-refractivity contribution in [3.63, 3.8) is 0 Å². The van der Waals surface area contributed by atoms with Gasteiger partial charge in [-0.1, -0.05) is 18.9 Å². The molecule has 0 saturated heterocycles. The Hall–Kier alpha value is -1.22. The molecule has 6 nitrogen and oxygen atoms in total. The lowest BCUT2D eigenvalue weighted by Crippen LogP contribution is -2.43. The van der Waals surface area contributed by atoms with Crippen molar-refractivity contribution in [3.8, 4) is 11.5 Å². The molecule has 1 aliphatic carbocycles. The van der Waals surface area contributed by atoms with Crippen LogP contribution in [0, 0.1) is 5.41 Å². The van der Waals surface area contributed by atoms with E-state index in [9.17, 15) is 0 Å². The quantitative estimate of drug-likeness (QED) is 0.237. The van der Waals surface area contributed by atoms with Gasteiger partial charge in [-0.3, -0.25) is 4.99 Å². The summed E-state index contributed by atoms with van der Waals surface area (Å²) in [5.41, 5.74) is 1.56. The van der Waals surface area contributed by atoms with Crippen LogP contribution in [0.25, 0.3) is 0 Å². The molecule has 0 spiro atoms. The topological polar surface area (TPSA) is 64.1 Å². The number of aliphatic imine (C=N–C) groups is 1. The molecule has 0 amide bonds. The van der Waals surface area contributed by atoms with Gasteiger partial charge in [0.15, 0.2) is 17.5 Å². The molecule has 1 aliphatic rings. The van der Waals surface area contributed by atoms with Crippen molar-refractivity contribution in [1.29, 1.82) is 0 Å². The Kier molecular flexibility index (Phi) is 13.2. The van der Waals surface area contributed by atoms with Crippen LogP contribution in [0.1, 0.15) is 51.5 Å². The summed E-state index contributed by atoms with van der Waals surface area (Å²) in [4.78, 5) is 4.40. The minimum atomic E-state index is 0. The summed E-state index contributed by atoms with van der Waals surface area (Å²) in [6.45, 7) is 7.82. The number of halogens is 1. The zero-order chi connectivity index (χ0) is 21.0. The first-order chi connectivity index (χ1) is 14.2. The molecule has 1 saturated carbocycles. The lowest BCUT2D eigenvalue weighted by molar-refractivity contribution is 0.138. The number of nitrogens with one attached hydrogen (secondary N) is 2. The van der Waals surface area contributed by atoms with Crippen molar-refractivity contribution in [2.24, 2.45) is 10.4 Å². The minimum Gasteiger partial charge on any atom is -0.490 e. The van der Waals surface area contributed by atoms with Gasteiger partial charge in [-0.05, 0) is 62.6 Å². The summed E-state index contributed by atoms with van der Waals surface area (Å²) in [6.07, 6.45) is 7.18. The van der Waals surface area contributed by atoms with E-state index in [4.69, 9.17) is 14.2 Å². The second-order valence-electron chi connectivity index (χ2n) is 7.70. The van der Waals surface area contributed by atoms with Gasteiger partial charge in [0.1, 0.15) is 0 Å². The molecule has 172 valence electrons. The highest BCUT2D eigenvalue weighted by molar-refractivity contribution is 14.0. The normalized spacial score (nSPS) is 15.4. The fourth-order valence-corrected chi connectivity index (χ4v) is 4.03. The zero-order valence-electron chi connectivity index (χ0n) is 19.1. The van der Waals surface area contributed by atoms with Crippen LogP contribution in [-0.2, 0) is 11.2 Å². The highest BCUT2D eigenvalue weighted by Crippen LogP contribution is 2.40. The van der Waals surface area contributed by atoms with E-state index in [0.29, 0.717) is 18.6 Å².